The lowest BCUT2D eigenvalue weighted by Gasteiger charge is -2.34. The van der Waals surface area contributed by atoms with E-state index in [1.54, 1.807) is 18.9 Å². The van der Waals surface area contributed by atoms with E-state index < -0.39 is 12.0 Å². The Morgan fingerprint density at radius 3 is 2.33 bits per heavy atom. The molecule has 1 aliphatic carbocycles. The Bertz CT molecular complexity index is 631. The minimum Gasteiger partial charge on any atom is -0.477 e. The summed E-state index contributed by atoms with van der Waals surface area (Å²) in [6, 6.07) is -0.440. The van der Waals surface area contributed by atoms with Crippen molar-refractivity contribution in [1.29, 1.82) is 0 Å². The highest BCUT2D eigenvalue weighted by atomic mass is 16.5. The number of methoxy groups -OCH3 is 2. The van der Waals surface area contributed by atoms with Crippen LogP contribution in [0.1, 0.15) is 49.9 Å². The normalized spacial score (nSPS) is 20.0. The molecule has 0 spiro atoms. The summed E-state index contributed by atoms with van der Waals surface area (Å²) in [7, 11) is 3.10. The summed E-state index contributed by atoms with van der Waals surface area (Å²) >= 11 is 0. The first-order chi connectivity index (χ1) is 12.9. The first-order valence-corrected chi connectivity index (χ1v) is 9.54. The summed E-state index contributed by atoms with van der Waals surface area (Å²) in [5.74, 6) is -0.541. The van der Waals surface area contributed by atoms with E-state index in [-0.39, 0.29) is 36.4 Å². The molecule has 8 nitrogen and oxygen atoms in total. The van der Waals surface area contributed by atoms with Gasteiger partial charge in [0.25, 0.3) is 0 Å². The zero-order chi connectivity index (χ0) is 20.0. The number of nitrogens with zero attached hydrogens (tertiary/aromatic N) is 3. The van der Waals surface area contributed by atoms with Crippen LogP contribution in [-0.4, -0.2) is 60.2 Å². The minimum atomic E-state index is -1.10. The van der Waals surface area contributed by atoms with Gasteiger partial charge in [0.15, 0.2) is 5.82 Å². The van der Waals surface area contributed by atoms with E-state index in [9.17, 15) is 14.7 Å². The molecule has 8 heteroatoms. The predicted molar refractivity (Wildman–Crippen MR) is 101 cm³/mol. The second kappa shape index (κ2) is 9.85. The van der Waals surface area contributed by atoms with Crippen LogP contribution in [0.3, 0.4) is 0 Å². The third-order valence-corrected chi connectivity index (χ3v) is 5.21. The number of hydrogen-bond donors (Lipinski definition) is 1. The van der Waals surface area contributed by atoms with Gasteiger partial charge in [-0.15, -0.1) is 0 Å². The van der Waals surface area contributed by atoms with Crippen LogP contribution in [0.4, 0.5) is 5.82 Å². The number of rotatable bonds is 9. The molecule has 1 fully saturated rings. The van der Waals surface area contributed by atoms with Crippen molar-refractivity contribution >= 4 is 17.7 Å². The third-order valence-electron chi connectivity index (χ3n) is 5.21. The number of aromatic nitrogens is 2. The van der Waals surface area contributed by atoms with E-state index in [0.29, 0.717) is 12.5 Å². The maximum atomic E-state index is 13.4. The maximum absolute atomic E-state index is 13.4. The molecule has 0 atom stereocenters. The largest absolute Gasteiger partial charge is 0.477 e. The van der Waals surface area contributed by atoms with Crippen LogP contribution in [0.2, 0.25) is 0 Å². The van der Waals surface area contributed by atoms with Crippen molar-refractivity contribution in [2.24, 2.45) is 11.8 Å². The standard InChI is InChI=1S/C19H31N3O5/c1-5-21-10-16(19(24)25)17(20-21)22(15(11-26-3)12-27-4)18(23)14-8-6-13(2)7-9-14/h10,13-15H,5-9,11-12H2,1-4H3,(H,24,25)/t13-,14-. The molecule has 1 N–H and O–H groups in total. The zero-order valence-electron chi connectivity index (χ0n) is 16.7. The molecule has 1 amide bonds. The van der Waals surface area contributed by atoms with Crippen molar-refractivity contribution in [2.75, 3.05) is 32.3 Å². The van der Waals surface area contributed by atoms with Crippen LogP contribution in [0, 0.1) is 11.8 Å². The number of hydrogen-bond acceptors (Lipinski definition) is 5. The quantitative estimate of drug-likeness (QED) is 0.706. The SMILES string of the molecule is CCn1cc(C(=O)O)c(N(C(=O)[C@H]2CC[C@H](C)CC2)C(COC)COC)n1. The maximum Gasteiger partial charge on any atom is 0.341 e. The van der Waals surface area contributed by atoms with Gasteiger partial charge in [0.1, 0.15) is 5.56 Å². The average molecular weight is 381 g/mol. The molecule has 0 aromatic carbocycles. The Morgan fingerprint density at radius 1 is 1.26 bits per heavy atom. The van der Waals surface area contributed by atoms with E-state index >= 15 is 0 Å². The van der Waals surface area contributed by atoms with E-state index in [4.69, 9.17) is 9.47 Å². The van der Waals surface area contributed by atoms with E-state index in [0.717, 1.165) is 25.7 Å². The number of carbonyl (C=O) groups excluding carboxylic acids is 1. The molecule has 0 aliphatic heterocycles. The monoisotopic (exact) mass is 381 g/mol. The lowest BCUT2D eigenvalue weighted by molar-refractivity contribution is -0.124. The summed E-state index contributed by atoms with van der Waals surface area (Å²) in [5, 5.41) is 14.0. The topological polar surface area (TPSA) is 93.9 Å². The smallest absolute Gasteiger partial charge is 0.341 e. The molecular formula is C19H31N3O5. The number of amides is 1. The third kappa shape index (κ3) is 5.07. The molecule has 0 saturated heterocycles. The molecule has 0 unspecified atom stereocenters. The van der Waals surface area contributed by atoms with Gasteiger partial charge in [0.05, 0.1) is 19.3 Å². The number of carboxylic acid groups (broad SMARTS) is 1. The van der Waals surface area contributed by atoms with Crippen molar-refractivity contribution < 1.29 is 24.2 Å². The average Bonchev–Trinajstić information content (AvgIpc) is 3.07. The Balaban J connectivity index is 2.44. The van der Waals surface area contributed by atoms with E-state index in [2.05, 4.69) is 12.0 Å². The summed E-state index contributed by atoms with van der Waals surface area (Å²) in [6.07, 6.45) is 5.08. The second-order valence-electron chi connectivity index (χ2n) is 7.26. The highest BCUT2D eigenvalue weighted by Crippen LogP contribution is 2.32. The van der Waals surface area contributed by atoms with Gasteiger partial charge in [-0.3, -0.25) is 14.4 Å². The van der Waals surface area contributed by atoms with Crippen LogP contribution < -0.4 is 4.90 Å². The molecule has 152 valence electrons. The van der Waals surface area contributed by atoms with Gasteiger partial charge in [-0.1, -0.05) is 6.92 Å². The molecule has 1 aromatic heterocycles. The number of carboxylic acids is 1. The fourth-order valence-electron chi connectivity index (χ4n) is 3.64. The van der Waals surface area contributed by atoms with Gasteiger partial charge in [0, 0.05) is 32.9 Å². The lowest BCUT2D eigenvalue weighted by Crippen LogP contribution is -2.49. The van der Waals surface area contributed by atoms with Crippen molar-refractivity contribution in [2.45, 2.75) is 52.1 Å². The van der Waals surface area contributed by atoms with E-state index in [1.165, 1.54) is 11.1 Å². The highest BCUT2D eigenvalue weighted by molar-refractivity contribution is 6.01. The predicted octanol–water partition coefficient (Wildman–Crippen LogP) is 2.42. The molecule has 27 heavy (non-hydrogen) atoms. The Kier molecular flexibility index (Phi) is 7.79. The molecule has 1 heterocycles. The van der Waals surface area contributed by atoms with Crippen molar-refractivity contribution in [3.8, 4) is 0 Å². The minimum absolute atomic E-state index is 0.0200. The van der Waals surface area contributed by atoms with Crippen LogP contribution in [0.15, 0.2) is 6.20 Å². The summed E-state index contributed by atoms with van der Waals surface area (Å²) < 4.78 is 12.1. The Morgan fingerprint density at radius 2 is 1.85 bits per heavy atom. The van der Waals surface area contributed by atoms with Crippen LogP contribution >= 0.6 is 0 Å². The fourth-order valence-corrected chi connectivity index (χ4v) is 3.64. The molecule has 0 bridgehead atoms. The van der Waals surface area contributed by atoms with Crippen LogP contribution in [0.25, 0.3) is 0 Å². The molecule has 1 saturated carbocycles. The lowest BCUT2D eigenvalue weighted by atomic mass is 9.82. The van der Waals surface area contributed by atoms with Gasteiger partial charge < -0.3 is 14.6 Å². The summed E-state index contributed by atoms with van der Waals surface area (Å²) in [6.45, 7) is 5.06. The van der Waals surface area contributed by atoms with Crippen molar-refractivity contribution in [3.05, 3.63) is 11.8 Å². The number of aryl methyl sites for hydroxylation is 1. The van der Waals surface area contributed by atoms with Gasteiger partial charge in [-0.2, -0.15) is 5.10 Å². The first-order valence-electron chi connectivity index (χ1n) is 9.54. The van der Waals surface area contributed by atoms with Gasteiger partial charge in [0.2, 0.25) is 5.91 Å². The summed E-state index contributed by atoms with van der Waals surface area (Å²) in [5.41, 5.74) is 0.0200. The first kappa shape index (κ1) is 21.4. The number of aromatic carboxylic acids is 1. The second-order valence-corrected chi connectivity index (χ2v) is 7.26. The van der Waals surface area contributed by atoms with Crippen molar-refractivity contribution in [1.82, 2.24) is 9.78 Å². The van der Waals surface area contributed by atoms with Crippen LogP contribution in [-0.2, 0) is 20.8 Å². The van der Waals surface area contributed by atoms with Crippen LogP contribution in [0.5, 0.6) is 0 Å². The summed E-state index contributed by atoms with van der Waals surface area (Å²) in [4.78, 5) is 26.7. The van der Waals surface area contributed by atoms with Gasteiger partial charge >= 0.3 is 5.97 Å². The molecule has 0 radical (unpaired) electrons. The zero-order valence-corrected chi connectivity index (χ0v) is 16.7. The number of ether oxygens (including phenoxy) is 2. The highest BCUT2D eigenvalue weighted by Gasteiger charge is 2.36. The molecular weight excluding hydrogens is 350 g/mol. The molecule has 1 aromatic rings. The Labute approximate surface area is 160 Å². The fraction of sp³-hybridized carbons (Fsp3) is 0.737. The molecule has 1 aliphatic rings. The molecule has 2 rings (SSSR count). The van der Waals surface area contributed by atoms with Crippen molar-refractivity contribution in [3.63, 3.8) is 0 Å². The van der Waals surface area contributed by atoms with Gasteiger partial charge in [-0.05, 0) is 38.5 Å². The number of carbonyl (C=O) groups is 2. The van der Waals surface area contributed by atoms with E-state index in [1.807, 2.05) is 6.92 Å². The Hall–Kier alpha value is -1.93. The number of anilines is 1. The van der Waals surface area contributed by atoms with Gasteiger partial charge in [-0.25, -0.2) is 4.79 Å².